The van der Waals surface area contributed by atoms with E-state index < -0.39 is 11.4 Å². The molecule has 134 valence electrons. The van der Waals surface area contributed by atoms with Crippen LogP contribution in [0.2, 0.25) is 5.02 Å². The van der Waals surface area contributed by atoms with Crippen molar-refractivity contribution in [3.63, 3.8) is 0 Å². The molecular weight excluding hydrogens is 359 g/mol. The first-order valence-electron chi connectivity index (χ1n) is 7.77. The number of hydrogen-bond donors (Lipinski definition) is 0. The average molecular weight is 375 g/mol. The lowest BCUT2D eigenvalue weighted by Crippen LogP contribution is -2.30. The molecule has 6 nitrogen and oxygen atoms in total. The molecule has 0 aliphatic carbocycles. The first-order chi connectivity index (χ1) is 12.3. The van der Waals surface area contributed by atoms with Crippen molar-refractivity contribution in [1.82, 2.24) is 19.2 Å². The molecule has 8 heteroatoms. The fraction of sp³-hybridized carbons (Fsp3) is 0.167. The number of nitrogens with zero attached hydrogens (tertiary/aromatic N) is 4. The molecule has 0 saturated heterocycles. The van der Waals surface area contributed by atoms with Crippen LogP contribution in [0.1, 0.15) is 16.2 Å². The van der Waals surface area contributed by atoms with Crippen molar-refractivity contribution in [3.8, 4) is 5.69 Å². The van der Waals surface area contributed by atoms with Crippen LogP contribution in [0, 0.1) is 5.82 Å². The number of amides is 1. The number of aryl methyl sites for hydroxylation is 1. The predicted octanol–water partition coefficient (Wildman–Crippen LogP) is 2.64. The summed E-state index contributed by atoms with van der Waals surface area (Å²) in [4.78, 5) is 26.2. The van der Waals surface area contributed by atoms with Crippen LogP contribution in [0.3, 0.4) is 0 Å². The van der Waals surface area contributed by atoms with Crippen LogP contribution in [0.15, 0.2) is 53.5 Å². The zero-order valence-electron chi connectivity index (χ0n) is 14.2. The molecule has 0 N–H and O–H groups in total. The van der Waals surface area contributed by atoms with E-state index in [1.165, 1.54) is 41.3 Å². The van der Waals surface area contributed by atoms with Crippen LogP contribution in [0.5, 0.6) is 0 Å². The van der Waals surface area contributed by atoms with E-state index in [-0.39, 0.29) is 11.6 Å². The Kier molecular flexibility index (Phi) is 4.90. The molecule has 0 unspecified atom stereocenters. The van der Waals surface area contributed by atoms with E-state index in [1.54, 1.807) is 19.3 Å². The number of benzene rings is 1. The van der Waals surface area contributed by atoms with Gasteiger partial charge in [0, 0.05) is 32.1 Å². The van der Waals surface area contributed by atoms with Crippen LogP contribution in [0.4, 0.5) is 4.39 Å². The Morgan fingerprint density at radius 1 is 1.23 bits per heavy atom. The maximum atomic E-state index is 13.1. The van der Waals surface area contributed by atoms with Gasteiger partial charge in [0.2, 0.25) is 0 Å². The number of aromatic nitrogens is 3. The number of carbonyl (C=O) groups is 1. The third kappa shape index (κ3) is 3.67. The molecule has 0 aliphatic heterocycles. The van der Waals surface area contributed by atoms with Gasteiger partial charge >= 0.3 is 0 Å². The van der Waals surface area contributed by atoms with Gasteiger partial charge in [-0.2, -0.15) is 9.78 Å². The topological polar surface area (TPSA) is 60.1 Å². The second kappa shape index (κ2) is 7.13. The molecule has 0 spiro atoms. The van der Waals surface area contributed by atoms with Crippen LogP contribution >= 0.6 is 11.6 Å². The van der Waals surface area contributed by atoms with Crippen LogP contribution in [-0.4, -0.2) is 32.2 Å². The highest BCUT2D eigenvalue weighted by Crippen LogP contribution is 2.15. The molecular formula is C18H16ClFN4O2. The van der Waals surface area contributed by atoms with E-state index >= 15 is 0 Å². The summed E-state index contributed by atoms with van der Waals surface area (Å²) in [5.74, 6) is -0.770. The monoisotopic (exact) mass is 374 g/mol. The van der Waals surface area contributed by atoms with Gasteiger partial charge in [-0.05, 0) is 36.4 Å². The number of halogens is 2. The quantitative estimate of drug-likeness (QED) is 0.705. The Bertz CT molecular complexity index is 1010. The van der Waals surface area contributed by atoms with E-state index in [4.69, 9.17) is 11.6 Å². The van der Waals surface area contributed by atoms with Crippen LogP contribution in [-0.2, 0) is 13.6 Å². The summed E-state index contributed by atoms with van der Waals surface area (Å²) in [6.45, 7) is 0.333. The van der Waals surface area contributed by atoms with Gasteiger partial charge in [0.05, 0.1) is 17.3 Å². The molecule has 0 radical (unpaired) electrons. The Labute approximate surface area is 154 Å². The lowest BCUT2D eigenvalue weighted by molar-refractivity contribution is 0.0774. The van der Waals surface area contributed by atoms with E-state index in [9.17, 15) is 14.0 Å². The highest BCUT2D eigenvalue weighted by atomic mass is 35.5. The Morgan fingerprint density at radius 2 is 1.92 bits per heavy atom. The second-order valence-electron chi connectivity index (χ2n) is 5.87. The lowest BCUT2D eigenvalue weighted by Gasteiger charge is -2.17. The first kappa shape index (κ1) is 17.9. The lowest BCUT2D eigenvalue weighted by atomic mass is 10.3. The van der Waals surface area contributed by atoms with Crippen molar-refractivity contribution in [3.05, 3.63) is 81.2 Å². The summed E-state index contributed by atoms with van der Waals surface area (Å²) in [6.07, 6.45) is 1.75. The van der Waals surface area contributed by atoms with Gasteiger partial charge in [-0.1, -0.05) is 11.6 Å². The van der Waals surface area contributed by atoms with Crippen molar-refractivity contribution in [1.29, 1.82) is 0 Å². The van der Waals surface area contributed by atoms with Gasteiger partial charge in [0.15, 0.2) is 0 Å². The summed E-state index contributed by atoms with van der Waals surface area (Å²) >= 11 is 5.96. The van der Waals surface area contributed by atoms with Gasteiger partial charge in [-0.3, -0.25) is 9.59 Å². The molecule has 26 heavy (non-hydrogen) atoms. The fourth-order valence-electron chi connectivity index (χ4n) is 2.53. The summed E-state index contributed by atoms with van der Waals surface area (Å²) in [7, 11) is 3.48. The smallest absolute Gasteiger partial charge is 0.274 e. The van der Waals surface area contributed by atoms with Crippen molar-refractivity contribution in [2.75, 3.05) is 7.05 Å². The summed E-state index contributed by atoms with van der Waals surface area (Å²) in [6, 6.07) is 9.71. The van der Waals surface area contributed by atoms with Gasteiger partial charge in [0.1, 0.15) is 11.5 Å². The number of carbonyl (C=O) groups excluding carboxylic acids is 1. The first-order valence-corrected chi connectivity index (χ1v) is 8.15. The standard InChI is InChI=1S/C18H16ClFN4O2/c1-22-10-12(19)9-15(22)11-23(2)18(26)16-7-8-17(25)24(21-16)14-5-3-13(20)4-6-14/h3-10H,11H2,1-2H3. The predicted molar refractivity (Wildman–Crippen MR) is 96.0 cm³/mol. The maximum Gasteiger partial charge on any atom is 0.274 e. The molecule has 2 heterocycles. The minimum absolute atomic E-state index is 0.108. The highest BCUT2D eigenvalue weighted by Gasteiger charge is 2.17. The van der Waals surface area contributed by atoms with Gasteiger partial charge < -0.3 is 9.47 Å². The van der Waals surface area contributed by atoms with E-state index in [0.29, 0.717) is 17.3 Å². The molecule has 1 amide bonds. The minimum atomic E-state index is -0.421. The molecule has 2 aromatic heterocycles. The maximum absolute atomic E-state index is 13.1. The van der Waals surface area contributed by atoms with E-state index in [1.807, 2.05) is 11.6 Å². The number of hydrogen-bond acceptors (Lipinski definition) is 3. The zero-order valence-corrected chi connectivity index (χ0v) is 14.9. The van der Waals surface area contributed by atoms with E-state index in [2.05, 4.69) is 5.10 Å². The molecule has 3 aromatic rings. The molecule has 3 rings (SSSR count). The molecule has 0 aliphatic rings. The Balaban J connectivity index is 1.87. The van der Waals surface area contributed by atoms with E-state index in [0.717, 1.165) is 10.4 Å². The third-order valence-corrected chi connectivity index (χ3v) is 4.12. The zero-order chi connectivity index (χ0) is 18.8. The SMILES string of the molecule is CN(Cc1cc(Cl)cn1C)C(=O)c1ccc(=O)n(-c2ccc(F)cc2)n1. The molecule has 0 bridgehead atoms. The average Bonchev–Trinajstić information content (AvgIpc) is 2.92. The fourth-order valence-corrected chi connectivity index (χ4v) is 2.80. The minimum Gasteiger partial charge on any atom is -0.351 e. The largest absolute Gasteiger partial charge is 0.351 e. The normalized spacial score (nSPS) is 10.8. The Morgan fingerprint density at radius 3 is 2.54 bits per heavy atom. The van der Waals surface area contributed by atoms with Gasteiger partial charge in [-0.15, -0.1) is 0 Å². The molecule has 0 atom stereocenters. The summed E-state index contributed by atoms with van der Waals surface area (Å²) in [5, 5.41) is 4.71. The molecule has 0 saturated carbocycles. The molecule has 0 fully saturated rings. The highest BCUT2D eigenvalue weighted by molar-refractivity contribution is 6.30. The van der Waals surface area contributed by atoms with Crippen molar-refractivity contribution in [2.45, 2.75) is 6.54 Å². The number of rotatable bonds is 4. The van der Waals surface area contributed by atoms with Crippen molar-refractivity contribution in [2.24, 2.45) is 7.05 Å². The van der Waals surface area contributed by atoms with Crippen LogP contribution in [0.25, 0.3) is 5.69 Å². The summed E-state index contributed by atoms with van der Waals surface area (Å²) in [5.41, 5.74) is 0.933. The van der Waals surface area contributed by atoms with Gasteiger partial charge in [0.25, 0.3) is 11.5 Å². The molecule has 1 aromatic carbocycles. The van der Waals surface area contributed by atoms with Crippen molar-refractivity contribution < 1.29 is 9.18 Å². The third-order valence-electron chi connectivity index (χ3n) is 3.91. The second-order valence-corrected chi connectivity index (χ2v) is 6.30. The summed E-state index contributed by atoms with van der Waals surface area (Å²) < 4.78 is 16.0. The Hall–Kier alpha value is -2.93. The van der Waals surface area contributed by atoms with Crippen LogP contribution < -0.4 is 5.56 Å². The van der Waals surface area contributed by atoms with Crippen molar-refractivity contribution >= 4 is 17.5 Å². The van der Waals surface area contributed by atoms with Gasteiger partial charge in [-0.25, -0.2) is 4.39 Å².